The molecule has 0 bridgehead atoms. The van der Waals surface area contributed by atoms with Crippen molar-refractivity contribution >= 4 is 0 Å². The van der Waals surface area contributed by atoms with Gasteiger partial charge in [-0.25, -0.2) is 0 Å². The fourth-order valence-corrected chi connectivity index (χ4v) is 3.72. The summed E-state index contributed by atoms with van der Waals surface area (Å²) < 4.78 is 11.5. The first-order chi connectivity index (χ1) is 15.5. The molecule has 0 radical (unpaired) electrons. The molecule has 2 aromatic carbocycles. The van der Waals surface area contributed by atoms with Gasteiger partial charge in [0.1, 0.15) is 30.8 Å². The minimum atomic E-state index is -0.863. The molecule has 0 aliphatic rings. The molecule has 5 heteroatoms. The molecule has 0 aliphatic carbocycles. The lowest BCUT2D eigenvalue weighted by atomic mass is 9.89. The molecule has 5 nitrogen and oxygen atoms in total. The van der Waals surface area contributed by atoms with Crippen molar-refractivity contribution in [1.82, 2.24) is 0 Å². The van der Waals surface area contributed by atoms with E-state index in [1.54, 1.807) is 0 Å². The first-order valence-electron chi connectivity index (χ1n) is 12.0. The van der Waals surface area contributed by atoms with Crippen LogP contribution in [0.25, 0.3) is 0 Å². The van der Waals surface area contributed by atoms with E-state index in [1.165, 1.54) is 11.1 Å². The summed E-state index contributed by atoms with van der Waals surface area (Å²) in [5.74, 6) is 2.02. The molecule has 0 spiro atoms. The highest BCUT2D eigenvalue weighted by molar-refractivity contribution is 5.39. The van der Waals surface area contributed by atoms with Crippen molar-refractivity contribution in [2.24, 2.45) is 5.41 Å². The van der Waals surface area contributed by atoms with Crippen LogP contribution in [0.1, 0.15) is 68.7 Å². The monoisotopic (exact) mass is 458 g/mol. The predicted molar refractivity (Wildman–Crippen MR) is 133 cm³/mol. The van der Waals surface area contributed by atoms with Crippen molar-refractivity contribution in [1.29, 1.82) is 0 Å². The predicted octanol–water partition coefficient (Wildman–Crippen LogP) is 4.95. The number of hydrogen-bond acceptors (Lipinski definition) is 5. The number of hydrogen-bond donors (Lipinski definition) is 3. The van der Waals surface area contributed by atoms with E-state index in [1.807, 2.05) is 39.8 Å². The lowest BCUT2D eigenvalue weighted by Crippen LogP contribution is -2.32. The van der Waals surface area contributed by atoms with E-state index in [0.29, 0.717) is 12.5 Å². The largest absolute Gasteiger partial charge is 0.491 e. The molecule has 33 heavy (non-hydrogen) atoms. The summed E-state index contributed by atoms with van der Waals surface area (Å²) >= 11 is 0. The van der Waals surface area contributed by atoms with E-state index in [0.717, 1.165) is 41.9 Å². The number of ether oxygens (including phenoxy) is 2. The second kappa shape index (κ2) is 12.4. The van der Waals surface area contributed by atoms with Gasteiger partial charge in [-0.1, -0.05) is 52.0 Å². The van der Waals surface area contributed by atoms with Crippen LogP contribution in [-0.4, -0.2) is 47.3 Å². The zero-order valence-electron chi connectivity index (χ0n) is 21.1. The molecule has 184 valence electrons. The van der Waals surface area contributed by atoms with E-state index in [4.69, 9.17) is 14.6 Å². The minimum Gasteiger partial charge on any atom is -0.491 e. The second-order valence-corrected chi connectivity index (χ2v) is 10.1. The lowest BCUT2D eigenvalue weighted by molar-refractivity contribution is 0.0216. The summed E-state index contributed by atoms with van der Waals surface area (Å²) in [7, 11) is 0. The number of aliphatic hydroxyl groups excluding tert-OH is 3. The highest BCUT2D eigenvalue weighted by atomic mass is 16.5. The summed E-state index contributed by atoms with van der Waals surface area (Å²) in [6.07, 6.45) is 1.69. The van der Waals surface area contributed by atoms with Crippen molar-refractivity contribution in [2.75, 3.05) is 19.8 Å². The first kappa shape index (κ1) is 27.2. The van der Waals surface area contributed by atoms with Gasteiger partial charge in [0.25, 0.3) is 0 Å². The maximum Gasteiger partial charge on any atom is 0.122 e. The van der Waals surface area contributed by atoms with Gasteiger partial charge < -0.3 is 24.8 Å². The molecule has 0 saturated heterocycles. The van der Waals surface area contributed by atoms with Crippen molar-refractivity contribution in [3.63, 3.8) is 0 Å². The third kappa shape index (κ3) is 8.33. The molecule has 3 N–H and O–H groups in total. The summed E-state index contributed by atoms with van der Waals surface area (Å²) in [6.45, 7) is 12.4. The van der Waals surface area contributed by atoms with Gasteiger partial charge in [0.2, 0.25) is 0 Å². The van der Waals surface area contributed by atoms with E-state index < -0.39 is 12.2 Å². The zero-order chi connectivity index (χ0) is 24.6. The molecule has 0 aromatic heterocycles. The fourth-order valence-electron chi connectivity index (χ4n) is 3.72. The van der Waals surface area contributed by atoms with Gasteiger partial charge in [-0.2, -0.15) is 0 Å². The molecule has 0 fully saturated rings. The fraction of sp³-hybridized carbons (Fsp3) is 0.571. The van der Waals surface area contributed by atoms with Gasteiger partial charge in [0.05, 0.1) is 12.7 Å². The molecule has 0 saturated carbocycles. The van der Waals surface area contributed by atoms with Crippen molar-refractivity contribution in [2.45, 2.75) is 78.9 Å². The second-order valence-electron chi connectivity index (χ2n) is 10.1. The van der Waals surface area contributed by atoms with Crippen molar-refractivity contribution in [3.8, 4) is 11.5 Å². The highest BCUT2D eigenvalue weighted by Crippen LogP contribution is 2.30. The molecule has 2 rings (SSSR count). The Bertz CT molecular complexity index is 871. The van der Waals surface area contributed by atoms with Crippen LogP contribution in [-0.2, 0) is 6.42 Å². The smallest absolute Gasteiger partial charge is 0.122 e. The molecule has 0 amide bonds. The summed E-state index contributed by atoms with van der Waals surface area (Å²) in [5.41, 5.74) is 4.49. The quantitative estimate of drug-likeness (QED) is 0.419. The lowest BCUT2D eigenvalue weighted by Gasteiger charge is -2.26. The van der Waals surface area contributed by atoms with Crippen LogP contribution in [0, 0.1) is 19.3 Å². The van der Waals surface area contributed by atoms with Crippen LogP contribution in [0.5, 0.6) is 11.5 Å². The Hall–Kier alpha value is -2.08. The summed E-state index contributed by atoms with van der Waals surface area (Å²) in [6, 6.07) is 12.5. The summed E-state index contributed by atoms with van der Waals surface area (Å²) in [5, 5.41) is 28.6. The van der Waals surface area contributed by atoms with E-state index in [9.17, 15) is 10.2 Å². The van der Waals surface area contributed by atoms with Gasteiger partial charge in [0, 0.05) is 0 Å². The van der Waals surface area contributed by atoms with E-state index in [-0.39, 0.29) is 18.6 Å². The summed E-state index contributed by atoms with van der Waals surface area (Å²) in [4.78, 5) is 0. The van der Waals surface area contributed by atoms with Crippen LogP contribution in [0.4, 0.5) is 0 Å². The van der Waals surface area contributed by atoms with E-state index >= 15 is 0 Å². The Morgan fingerprint density at radius 2 is 1.48 bits per heavy atom. The van der Waals surface area contributed by atoms with Gasteiger partial charge in [-0.3, -0.25) is 0 Å². The molecule has 3 unspecified atom stereocenters. The van der Waals surface area contributed by atoms with Crippen molar-refractivity contribution in [3.05, 3.63) is 58.7 Å². The highest BCUT2D eigenvalue weighted by Gasteiger charge is 2.23. The molecule has 2 aromatic rings. The van der Waals surface area contributed by atoms with Crippen LogP contribution < -0.4 is 9.47 Å². The Balaban J connectivity index is 1.97. The maximum atomic E-state index is 10.2. The average Bonchev–Trinajstić information content (AvgIpc) is 2.77. The number of benzene rings is 2. The number of rotatable bonds is 12. The Morgan fingerprint density at radius 1 is 0.879 bits per heavy atom. The Morgan fingerprint density at radius 3 is 2.03 bits per heavy atom. The molecule has 0 heterocycles. The maximum absolute atomic E-state index is 10.2. The third-order valence-corrected chi connectivity index (χ3v) is 6.22. The van der Waals surface area contributed by atoms with Gasteiger partial charge in [-0.05, 0) is 78.8 Å². The first-order valence-corrected chi connectivity index (χ1v) is 12.0. The van der Waals surface area contributed by atoms with Crippen LogP contribution in [0.2, 0.25) is 0 Å². The zero-order valence-corrected chi connectivity index (χ0v) is 21.1. The normalized spacial score (nSPS) is 14.6. The number of aryl methyl sites for hydroxylation is 3. The van der Waals surface area contributed by atoms with Crippen LogP contribution in [0.3, 0.4) is 0 Å². The standard InChI is InChI=1S/C28H42O5/c1-7-22(10-8-21-9-12-25(19(2)14-21)32-17-24(30)16-29)23-11-13-26(20(3)15-23)33-18-27(31)28(4,5)6/h9,11-15,22,24,27,29-31H,7-8,10,16-18H2,1-6H3. The van der Waals surface area contributed by atoms with Crippen molar-refractivity contribution < 1.29 is 24.8 Å². The molecular formula is C28H42O5. The molecular weight excluding hydrogens is 416 g/mol. The number of aliphatic hydroxyl groups is 3. The molecule has 0 aliphatic heterocycles. The minimum absolute atomic E-state index is 0.0861. The van der Waals surface area contributed by atoms with Crippen LogP contribution in [0.15, 0.2) is 36.4 Å². The topological polar surface area (TPSA) is 79.2 Å². The third-order valence-electron chi connectivity index (χ3n) is 6.22. The molecule has 3 atom stereocenters. The average molecular weight is 459 g/mol. The van der Waals surface area contributed by atoms with E-state index in [2.05, 4.69) is 38.1 Å². The van der Waals surface area contributed by atoms with Gasteiger partial charge in [0.15, 0.2) is 0 Å². The van der Waals surface area contributed by atoms with Gasteiger partial charge >= 0.3 is 0 Å². The van der Waals surface area contributed by atoms with Crippen LogP contribution >= 0.6 is 0 Å². The SMILES string of the molecule is CCC(CCc1ccc(OCC(O)CO)c(C)c1)c1ccc(OCC(O)C(C)(C)C)c(C)c1. The Kier molecular flexibility index (Phi) is 10.2. The van der Waals surface area contributed by atoms with Gasteiger partial charge in [-0.15, -0.1) is 0 Å². The Labute approximate surface area is 199 Å².